The predicted molar refractivity (Wildman–Crippen MR) is 116 cm³/mol. The molecule has 1 aromatic heterocycles. The van der Waals surface area contributed by atoms with E-state index < -0.39 is 5.97 Å². The van der Waals surface area contributed by atoms with Crippen molar-refractivity contribution >= 4 is 28.7 Å². The summed E-state index contributed by atoms with van der Waals surface area (Å²) >= 11 is 1.61. The molecule has 3 aromatic rings. The van der Waals surface area contributed by atoms with E-state index in [0.29, 0.717) is 40.2 Å². The Bertz CT molecular complexity index is 992. The van der Waals surface area contributed by atoms with Crippen molar-refractivity contribution in [1.82, 2.24) is 0 Å². The Hall–Kier alpha value is -2.44. The fraction of sp³-hybridized carbons (Fsp3) is 0.348. The van der Waals surface area contributed by atoms with Crippen LogP contribution in [0, 0.1) is 0 Å². The van der Waals surface area contributed by atoms with Crippen LogP contribution in [-0.4, -0.2) is 31.8 Å². The Kier molecular flexibility index (Phi) is 6.87. The molecule has 0 saturated carbocycles. The van der Waals surface area contributed by atoms with Gasteiger partial charge in [0.05, 0.1) is 32.0 Å². The second kappa shape index (κ2) is 9.37. The van der Waals surface area contributed by atoms with Gasteiger partial charge >= 0.3 is 5.97 Å². The molecule has 2 N–H and O–H groups in total. The van der Waals surface area contributed by atoms with Crippen molar-refractivity contribution in [3.63, 3.8) is 0 Å². The normalized spacial score (nSPS) is 11.3. The van der Waals surface area contributed by atoms with E-state index in [2.05, 4.69) is 31.2 Å². The van der Waals surface area contributed by atoms with Crippen molar-refractivity contribution in [3.05, 3.63) is 58.8 Å². The van der Waals surface area contributed by atoms with E-state index in [-0.39, 0.29) is 12.4 Å². The Morgan fingerprint density at radius 3 is 2.48 bits per heavy atom. The molecule has 0 unspecified atom stereocenters. The van der Waals surface area contributed by atoms with E-state index in [1.165, 1.54) is 5.56 Å². The summed E-state index contributed by atoms with van der Waals surface area (Å²) in [5.74, 6) is 0.829. The van der Waals surface area contributed by atoms with Gasteiger partial charge < -0.3 is 19.2 Å². The number of carbonyl (C=O) groups excluding carboxylic acids is 1. The van der Waals surface area contributed by atoms with Gasteiger partial charge in [0.2, 0.25) is 0 Å². The highest BCUT2D eigenvalue weighted by Gasteiger charge is 2.26. The number of carbonyl (C=O) groups is 1. The van der Waals surface area contributed by atoms with Gasteiger partial charge in [-0.2, -0.15) is 0 Å². The van der Waals surface area contributed by atoms with Gasteiger partial charge in [0.25, 0.3) is 0 Å². The highest BCUT2D eigenvalue weighted by atomic mass is 32.2. The maximum atomic E-state index is 12.8. The van der Waals surface area contributed by atoms with Crippen LogP contribution in [0.5, 0.6) is 5.75 Å². The summed E-state index contributed by atoms with van der Waals surface area (Å²) in [4.78, 5) is 15.0. The Morgan fingerprint density at radius 1 is 1.14 bits per heavy atom. The number of esters is 1. The molecule has 0 saturated heterocycles. The predicted octanol–water partition coefficient (Wildman–Crippen LogP) is 3.81. The number of phenolic OH excluding ortho intramolecular Hbond substituents is 1. The number of fused-ring (bicyclic) bond motifs is 1. The summed E-state index contributed by atoms with van der Waals surface area (Å²) in [5, 5.41) is 11.1. The summed E-state index contributed by atoms with van der Waals surface area (Å²) in [6.45, 7) is 4.76. The zero-order chi connectivity index (χ0) is 21.0. The zero-order valence-electron chi connectivity index (χ0n) is 17.4. The molecule has 0 aliphatic rings. The molecule has 0 radical (unpaired) electrons. The average molecular weight is 415 g/mol. The molecule has 0 fully saturated rings. The Balaban J connectivity index is 2.03. The number of hydrogen-bond acceptors (Lipinski definition) is 5. The van der Waals surface area contributed by atoms with Crippen LogP contribution in [-0.2, 0) is 23.5 Å². The molecular weight excluding hydrogens is 386 g/mol. The van der Waals surface area contributed by atoms with Gasteiger partial charge in [-0.05, 0) is 43.2 Å². The number of phenols is 1. The lowest BCUT2D eigenvalue weighted by Gasteiger charge is -2.11. The standard InChI is InChI=1S/C23H27NO4S/c1-5-15-7-9-16(10-8-15)29-14-20-22(23(26)27-6-2)21-17(13-24(3)4)18(25)11-12-19(21)28-20/h7-12,25H,5-6,13-14H2,1-4H3/p+1. The lowest BCUT2D eigenvalue weighted by Crippen LogP contribution is -3.04. The van der Waals surface area contributed by atoms with Crippen LogP contribution in [0.2, 0.25) is 0 Å². The maximum absolute atomic E-state index is 12.8. The number of ether oxygens (including phenoxy) is 1. The lowest BCUT2D eigenvalue weighted by atomic mass is 10.0. The third-order valence-corrected chi connectivity index (χ3v) is 5.74. The summed E-state index contributed by atoms with van der Waals surface area (Å²) < 4.78 is 11.4. The molecule has 0 aliphatic heterocycles. The molecule has 29 heavy (non-hydrogen) atoms. The van der Waals surface area contributed by atoms with Crippen LogP contribution in [0.15, 0.2) is 45.7 Å². The van der Waals surface area contributed by atoms with Crippen LogP contribution in [0.3, 0.4) is 0 Å². The number of nitrogens with one attached hydrogen (secondary N) is 1. The van der Waals surface area contributed by atoms with E-state index in [0.717, 1.165) is 16.2 Å². The molecule has 0 amide bonds. The molecule has 0 aliphatic carbocycles. The SMILES string of the molecule is CCOC(=O)c1c(CSc2ccc(CC)cc2)oc2ccc(O)c(C[NH+](C)C)c12. The zero-order valence-corrected chi connectivity index (χ0v) is 18.2. The van der Waals surface area contributed by atoms with Crippen LogP contribution in [0.4, 0.5) is 0 Å². The number of rotatable bonds is 8. The van der Waals surface area contributed by atoms with Gasteiger partial charge in [-0.3, -0.25) is 0 Å². The van der Waals surface area contributed by atoms with Gasteiger partial charge in [-0.1, -0.05) is 19.1 Å². The first-order valence-electron chi connectivity index (χ1n) is 9.88. The van der Waals surface area contributed by atoms with Gasteiger partial charge in [0, 0.05) is 10.3 Å². The third kappa shape index (κ3) is 4.77. The largest absolute Gasteiger partial charge is 0.507 e. The fourth-order valence-electron chi connectivity index (χ4n) is 3.32. The van der Waals surface area contributed by atoms with Crippen molar-refractivity contribution in [3.8, 4) is 5.75 Å². The monoisotopic (exact) mass is 414 g/mol. The van der Waals surface area contributed by atoms with Gasteiger partial charge in [0.1, 0.15) is 29.2 Å². The highest BCUT2D eigenvalue weighted by molar-refractivity contribution is 7.98. The quantitative estimate of drug-likeness (QED) is 0.433. The Morgan fingerprint density at radius 2 is 1.86 bits per heavy atom. The number of hydrogen-bond donors (Lipinski definition) is 2. The smallest absolute Gasteiger partial charge is 0.342 e. The van der Waals surface area contributed by atoms with Crippen molar-refractivity contribution in [1.29, 1.82) is 0 Å². The number of aromatic hydroxyl groups is 1. The summed E-state index contributed by atoms with van der Waals surface area (Å²) in [5.41, 5.74) is 3.01. The molecule has 0 bridgehead atoms. The van der Waals surface area contributed by atoms with E-state index in [4.69, 9.17) is 9.15 Å². The van der Waals surface area contributed by atoms with E-state index in [1.807, 2.05) is 14.1 Å². The minimum Gasteiger partial charge on any atom is -0.507 e. The first-order chi connectivity index (χ1) is 13.9. The van der Waals surface area contributed by atoms with Crippen LogP contribution < -0.4 is 4.90 Å². The number of aryl methyl sites for hydroxylation is 1. The van der Waals surface area contributed by atoms with E-state index in [9.17, 15) is 9.90 Å². The van der Waals surface area contributed by atoms with Gasteiger partial charge in [0.15, 0.2) is 0 Å². The van der Waals surface area contributed by atoms with Gasteiger partial charge in [-0.15, -0.1) is 11.8 Å². The number of benzene rings is 2. The summed E-state index contributed by atoms with van der Waals surface area (Å²) in [6, 6.07) is 11.7. The van der Waals surface area contributed by atoms with E-state index in [1.54, 1.807) is 30.8 Å². The topological polar surface area (TPSA) is 64.1 Å². The van der Waals surface area contributed by atoms with Crippen LogP contribution in [0.25, 0.3) is 11.0 Å². The minimum absolute atomic E-state index is 0.166. The van der Waals surface area contributed by atoms with Crippen LogP contribution in [0.1, 0.15) is 41.1 Å². The maximum Gasteiger partial charge on any atom is 0.342 e. The minimum atomic E-state index is -0.413. The highest BCUT2D eigenvalue weighted by Crippen LogP contribution is 2.36. The molecule has 3 rings (SSSR count). The molecule has 6 heteroatoms. The van der Waals surface area contributed by atoms with Crippen molar-refractivity contribution < 1.29 is 24.0 Å². The second-order valence-electron chi connectivity index (χ2n) is 7.23. The fourth-order valence-corrected chi connectivity index (χ4v) is 4.15. The van der Waals surface area contributed by atoms with Crippen molar-refractivity contribution in [2.24, 2.45) is 0 Å². The molecule has 2 aromatic carbocycles. The molecule has 5 nitrogen and oxygen atoms in total. The Labute approximate surface area is 175 Å². The van der Waals surface area contributed by atoms with Gasteiger partial charge in [-0.25, -0.2) is 4.79 Å². The lowest BCUT2D eigenvalue weighted by molar-refractivity contribution is -0.872. The molecule has 1 heterocycles. The molecule has 0 spiro atoms. The van der Waals surface area contributed by atoms with Crippen molar-refractivity contribution in [2.45, 2.75) is 37.5 Å². The first-order valence-corrected chi connectivity index (χ1v) is 10.9. The molecular formula is C23H28NO4S+. The number of quaternary nitrogens is 1. The second-order valence-corrected chi connectivity index (χ2v) is 8.28. The van der Waals surface area contributed by atoms with E-state index >= 15 is 0 Å². The number of thioether (sulfide) groups is 1. The first kappa shape index (κ1) is 21.3. The van der Waals surface area contributed by atoms with Crippen LogP contribution >= 0.6 is 11.8 Å². The third-order valence-electron chi connectivity index (χ3n) is 4.72. The molecule has 0 atom stereocenters. The summed E-state index contributed by atoms with van der Waals surface area (Å²) in [7, 11) is 4.00. The average Bonchev–Trinajstić information content (AvgIpc) is 3.08. The summed E-state index contributed by atoms with van der Waals surface area (Å²) in [6.07, 6.45) is 1.00. The number of furan rings is 1. The van der Waals surface area contributed by atoms with Crippen molar-refractivity contribution in [2.75, 3.05) is 20.7 Å². The molecule has 154 valence electrons.